The van der Waals surface area contributed by atoms with Crippen LogP contribution in [0, 0.1) is 5.92 Å². The van der Waals surface area contributed by atoms with Gasteiger partial charge in [0.15, 0.2) is 6.10 Å². The van der Waals surface area contributed by atoms with Crippen LogP contribution in [0.4, 0.5) is 4.79 Å². The molecule has 0 saturated carbocycles. The number of carbonyl (C=O) groups is 3. The third-order valence-corrected chi connectivity index (χ3v) is 7.58. The Labute approximate surface area is 221 Å². The van der Waals surface area contributed by atoms with E-state index in [-0.39, 0.29) is 18.7 Å². The number of aliphatic carboxylic acids is 1. The lowest BCUT2D eigenvalue weighted by molar-refractivity contribution is -0.152. The van der Waals surface area contributed by atoms with Crippen molar-refractivity contribution in [2.24, 2.45) is 11.7 Å². The standard InChI is InChI=1S/C26H35N2O9P/c1-17(2)26(27,23(31)35-16-18-10-7-6-8-11-18)38(33,34)37-21(22(29)30)20-13-9-12-19(14-20)15-28-24(32)36-25(3,4)5/h6-14,17,21H,15-16,27H2,1-5H3,(H,28,32)(H,29,30)(H,33,34). The Hall–Kier alpha value is -3.24. The number of alkyl carbamates (subject to hydrolysis) is 1. The van der Waals surface area contributed by atoms with Gasteiger partial charge in [-0.2, -0.15) is 0 Å². The number of rotatable bonds is 11. The molecule has 3 unspecified atom stereocenters. The van der Waals surface area contributed by atoms with Crippen molar-refractivity contribution in [3.8, 4) is 0 Å². The van der Waals surface area contributed by atoms with Crippen LogP contribution in [0.15, 0.2) is 54.6 Å². The van der Waals surface area contributed by atoms with Crippen LogP contribution in [0.3, 0.4) is 0 Å². The van der Waals surface area contributed by atoms with Crippen LogP contribution in [0.5, 0.6) is 0 Å². The van der Waals surface area contributed by atoms with Gasteiger partial charge in [0.05, 0.1) is 0 Å². The highest BCUT2D eigenvalue weighted by atomic mass is 31.2. The molecule has 38 heavy (non-hydrogen) atoms. The Bertz CT molecular complexity index is 1180. The van der Waals surface area contributed by atoms with E-state index in [1.807, 2.05) is 0 Å². The van der Waals surface area contributed by atoms with Gasteiger partial charge in [0.2, 0.25) is 5.28 Å². The van der Waals surface area contributed by atoms with Crippen molar-refractivity contribution in [1.29, 1.82) is 0 Å². The van der Waals surface area contributed by atoms with Gasteiger partial charge in [-0.1, -0.05) is 68.4 Å². The molecule has 1 amide bonds. The average Bonchev–Trinajstić information content (AvgIpc) is 2.83. The molecule has 0 bridgehead atoms. The second-order valence-electron chi connectivity index (χ2n) is 9.99. The van der Waals surface area contributed by atoms with Gasteiger partial charge in [-0.05, 0) is 43.4 Å². The maximum atomic E-state index is 13.4. The number of carboxylic acids is 1. The van der Waals surface area contributed by atoms with E-state index in [0.717, 1.165) is 0 Å². The molecule has 5 N–H and O–H groups in total. The number of esters is 1. The average molecular weight is 551 g/mol. The first-order valence-electron chi connectivity index (χ1n) is 11.9. The molecule has 0 aromatic heterocycles. The van der Waals surface area contributed by atoms with Gasteiger partial charge in [-0.3, -0.25) is 9.09 Å². The first kappa shape index (κ1) is 31.0. The van der Waals surface area contributed by atoms with Gasteiger partial charge in [0.25, 0.3) is 0 Å². The smallest absolute Gasteiger partial charge is 0.407 e. The zero-order chi connectivity index (χ0) is 28.7. The van der Waals surface area contributed by atoms with Gasteiger partial charge in [-0.15, -0.1) is 0 Å². The molecule has 12 heteroatoms. The predicted octanol–water partition coefficient (Wildman–Crippen LogP) is 4.09. The zero-order valence-electron chi connectivity index (χ0n) is 22.0. The van der Waals surface area contributed by atoms with E-state index in [9.17, 15) is 28.9 Å². The first-order valence-corrected chi connectivity index (χ1v) is 13.4. The Morgan fingerprint density at radius 2 is 1.63 bits per heavy atom. The number of nitrogens with two attached hydrogens (primary N) is 1. The maximum Gasteiger partial charge on any atom is 0.407 e. The highest BCUT2D eigenvalue weighted by Crippen LogP contribution is 2.59. The zero-order valence-corrected chi connectivity index (χ0v) is 22.9. The van der Waals surface area contributed by atoms with Gasteiger partial charge in [-0.25, -0.2) is 14.4 Å². The molecular weight excluding hydrogens is 515 g/mol. The Morgan fingerprint density at radius 1 is 1.03 bits per heavy atom. The van der Waals surface area contributed by atoms with E-state index >= 15 is 0 Å². The molecule has 2 aromatic rings. The minimum Gasteiger partial charge on any atom is -0.479 e. The summed E-state index contributed by atoms with van der Waals surface area (Å²) in [7, 11) is -5.16. The summed E-state index contributed by atoms with van der Waals surface area (Å²) < 4.78 is 29.0. The largest absolute Gasteiger partial charge is 0.479 e. The van der Waals surface area contributed by atoms with Crippen molar-refractivity contribution in [2.45, 2.75) is 64.8 Å². The second kappa shape index (κ2) is 12.5. The monoisotopic (exact) mass is 550 g/mol. The number of ether oxygens (including phenoxy) is 2. The van der Waals surface area contributed by atoms with Gasteiger partial charge < -0.3 is 30.5 Å². The van der Waals surface area contributed by atoms with Crippen LogP contribution >= 0.6 is 7.60 Å². The molecule has 0 saturated heterocycles. The van der Waals surface area contributed by atoms with Crippen molar-refractivity contribution in [1.82, 2.24) is 5.32 Å². The Kier molecular flexibility index (Phi) is 10.2. The van der Waals surface area contributed by atoms with Crippen LogP contribution in [0.1, 0.15) is 57.4 Å². The van der Waals surface area contributed by atoms with Crippen LogP contribution in [-0.4, -0.2) is 38.9 Å². The lowest BCUT2D eigenvalue weighted by atomic mass is 10.1. The fourth-order valence-electron chi connectivity index (χ4n) is 3.35. The fraction of sp³-hybridized carbons (Fsp3) is 0.423. The summed E-state index contributed by atoms with van der Waals surface area (Å²) in [5, 5.41) is 9.81. The summed E-state index contributed by atoms with van der Waals surface area (Å²) in [6.07, 6.45) is -2.62. The number of nitrogens with one attached hydrogen (secondary N) is 1. The van der Waals surface area contributed by atoms with Crippen LogP contribution in [0.2, 0.25) is 0 Å². The minimum atomic E-state index is -5.16. The number of carbonyl (C=O) groups excluding carboxylic acids is 2. The Balaban J connectivity index is 2.25. The number of hydrogen-bond donors (Lipinski definition) is 4. The summed E-state index contributed by atoms with van der Waals surface area (Å²) in [4.78, 5) is 47.9. The minimum absolute atomic E-state index is 0.000905. The summed E-state index contributed by atoms with van der Waals surface area (Å²) in [6.45, 7) is 7.76. The Morgan fingerprint density at radius 3 is 2.18 bits per heavy atom. The molecule has 11 nitrogen and oxygen atoms in total. The van der Waals surface area contributed by atoms with E-state index in [4.69, 9.17) is 19.7 Å². The van der Waals surface area contributed by atoms with Gasteiger partial charge in [0, 0.05) is 6.54 Å². The van der Waals surface area contributed by atoms with E-state index < -0.39 is 48.5 Å². The fourth-order valence-corrected chi connectivity index (χ4v) is 4.97. The van der Waals surface area contributed by atoms with E-state index in [1.165, 1.54) is 32.0 Å². The van der Waals surface area contributed by atoms with Crippen molar-refractivity contribution in [3.63, 3.8) is 0 Å². The molecule has 0 fully saturated rings. The molecule has 0 heterocycles. The van der Waals surface area contributed by atoms with Crippen molar-refractivity contribution >= 4 is 25.6 Å². The molecular formula is C26H35N2O9P. The van der Waals surface area contributed by atoms with Crippen LogP contribution in [0.25, 0.3) is 0 Å². The van der Waals surface area contributed by atoms with Crippen molar-refractivity contribution in [2.75, 3.05) is 0 Å². The molecule has 2 rings (SSSR count). The maximum absolute atomic E-state index is 13.4. The number of hydrogen-bond acceptors (Lipinski definition) is 8. The lowest BCUT2D eigenvalue weighted by Crippen LogP contribution is -2.53. The van der Waals surface area contributed by atoms with Crippen molar-refractivity contribution < 1.29 is 42.9 Å². The van der Waals surface area contributed by atoms with Crippen LogP contribution in [-0.2, 0) is 41.3 Å². The molecule has 0 aliphatic carbocycles. The summed E-state index contributed by atoms with van der Waals surface area (Å²) >= 11 is 0. The molecule has 208 valence electrons. The highest BCUT2D eigenvalue weighted by Gasteiger charge is 2.57. The highest BCUT2D eigenvalue weighted by molar-refractivity contribution is 7.55. The summed E-state index contributed by atoms with van der Waals surface area (Å²) in [5.41, 5.74) is 6.54. The third kappa shape index (κ3) is 8.13. The molecule has 0 aliphatic rings. The predicted molar refractivity (Wildman–Crippen MR) is 139 cm³/mol. The topological polar surface area (TPSA) is 174 Å². The molecule has 2 aromatic carbocycles. The SMILES string of the molecule is CC(C)C(N)(C(=O)OCc1ccccc1)P(=O)(O)OC(C(=O)O)c1cccc(CNC(=O)OC(C)(C)C)c1. The lowest BCUT2D eigenvalue weighted by Gasteiger charge is -2.35. The molecule has 0 aliphatic heterocycles. The first-order chi connectivity index (χ1) is 17.6. The van der Waals surface area contributed by atoms with Crippen molar-refractivity contribution in [3.05, 3.63) is 71.3 Å². The summed E-state index contributed by atoms with van der Waals surface area (Å²) in [5.74, 6) is -3.75. The molecule has 3 atom stereocenters. The van der Waals surface area contributed by atoms with E-state index in [0.29, 0.717) is 11.1 Å². The quantitative estimate of drug-likeness (QED) is 0.236. The third-order valence-electron chi connectivity index (χ3n) is 5.45. The van der Waals surface area contributed by atoms with E-state index in [1.54, 1.807) is 57.2 Å². The normalized spacial score (nSPS) is 15.6. The second-order valence-corrected chi connectivity index (χ2v) is 12.0. The molecule has 0 radical (unpaired) electrons. The van der Waals surface area contributed by atoms with Gasteiger partial charge in [0.1, 0.15) is 12.2 Å². The molecule has 0 spiro atoms. The number of amides is 1. The number of benzene rings is 2. The summed E-state index contributed by atoms with van der Waals surface area (Å²) in [6, 6.07) is 14.5. The van der Waals surface area contributed by atoms with E-state index in [2.05, 4.69) is 5.32 Å². The van der Waals surface area contributed by atoms with Crippen LogP contribution < -0.4 is 11.1 Å². The van der Waals surface area contributed by atoms with Gasteiger partial charge >= 0.3 is 25.6 Å². The number of carboxylic acid groups (broad SMARTS) is 1.